The number of fused-ring (bicyclic) bond motifs is 1. The summed E-state index contributed by atoms with van der Waals surface area (Å²) in [5.41, 5.74) is -1.28. The van der Waals surface area contributed by atoms with Gasteiger partial charge >= 0.3 is 5.97 Å². The van der Waals surface area contributed by atoms with Gasteiger partial charge in [0.25, 0.3) is 0 Å². The summed E-state index contributed by atoms with van der Waals surface area (Å²) in [6, 6.07) is 5.55. The molecule has 0 radical (unpaired) electrons. The van der Waals surface area contributed by atoms with E-state index in [0.29, 0.717) is 25.1 Å². The fourth-order valence-electron chi connectivity index (χ4n) is 4.43. The molecule has 1 aromatic heterocycles. The Labute approximate surface area is 188 Å². The number of carboxylic acid groups (broad SMARTS) is 1. The third-order valence-corrected chi connectivity index (χ3v) is 6.53. The lowest BCUT2D eigenvalue weighted by atomic mass is 10.00. The van der Waals surface area contributed by atoms with E-state index in [1.807, 2.05) is 19.0 Å². The maximum Gasteiger partial charge on any atom is 0.341 e. The standard InChI is InChI=1S/C24H24F3N3O3/c1-13(28(2)3)14-6-7-29(11-14)22-10-21-16(9-19(22)27)23(31)17(24(32)33)12-30(21)20-5-4-15(25)8-18(20)26/h4-5,8-10,12-14H,6-7,11H2,1-3H3,(H,32,33)/t13-,14+/m0/s1. The predicted molar refractivity (Wildman–Crippen MR) is 120 cm³/mol. The Morgan fingerprint density at radius 3 is 2.45 bits per heavy atom. The molecule has 1 saturated heterocycles. The summed E-state index contributed by atoms with van der Waals surface area (Å²) in [7, 11) is 3.97. The highest BCUT2D eigenvalue weighted by Crippen LogP contribution is 2.32. The van der Waals surface area contributed by atoms with Crippen molar-refractivity contribution in [3.8, 4) is 5.69 Å². The quantitative estimate of drug-likeness (QED) is 0.627. The summed E-state index contributed by atoms with van der Waals surface area (Å²) in [4.78, 5) is 28.4. The van der Waals surface area contributed by atoms with Gasteiger partial charge in [-0.15, -0.1) is 0 Å². The monoisotopic (exact) mass is 459 g/mol. The molecule has 4 rings (SSSR count). The third-order valence-electron chi connectivity index (χ3n) is 6.53. The fourth-order valence-corrected chi connectivity index (χ4v) is 4.43. The maximum atomic E-state index is 15.2. The predicted octanol–water partition coefficient (Wildman–Crippen LogP) is 3.88. The molecule has 1 aliphatic rings. The number of nitrogens with zero attached hydrogens (tertiary/aromatic N) is 3. The Bertz CT molecular complexity index is 1310. The van der Waals surface area contributed by atoms with Crippen LogP contribution in [-0.4, -0.2) is 53.8 Å². The van der Waals surface area contributed by atoms with Gasteiger partial charge in [0.2, 0.25) is 5.43 Å². The zero-order valence-electron chi connectivity index (χ0n) is 18.5. The van der Waals surface area contributed by atoms with E-state index in [4.69, 9.17) is 0 Å². The molecule has 33 heavy (non-hydrogen) atoms. The fraction of sp³-hybridized carbons (Fsp3) is 0.333. The van der Waals surface area contributed by atoms with E-state index in [9.17, 15) is 23.5 Å². The van der Waals surface area contributed by atoms with Crippen LogP contribution in [0.4, 0.5) is 18.9 Å². The van der Waals surface area contributed by atoms with Crippen LogP contribution in [0.25, 0.3) is 16.6 Å². The number of halogens is 3. The van der Waals surface area contributed by atoms with Gasteiger partial charge in [-0.1, -0.05) is 0 Å². The highest BCUT2D eigenvalue weighted by Gasteiger charge is 2.30. The summed E-state index contributed by atoms with van der Waals surface area (Å²) < 4.78 is 44.4. The Balaban J connectivity index is 1.91. The number of carbonyl (C=O) groups is 1. The lowest BCUT2D eigenvalue weighted by Gasteiger charge is -2.27. The van der Waals surface area contributed by atoms with Crippen molar-refractivity contribution in [2.75, 3.05) is 32.1 Å². The van der Waals surface area contributed by atoms with E-state index in [1.165, 1.54) is 6.07 Å². The Hall–Kier alpha value is -3.33. The minimum absolute atomic E-state index is 0.135. The van der Waals surface area contributed by atoms with Crippen molar-refractivity contribution in [1.82, 2.24) is 9.47 Å². The summed E-state index contributed by atoms with van der Waals surface area (Å²) >= 11 is 0. The number of pyridine rings is 1. The van der Waals surface area contributed by atoms with E-state index >= 15 is 4.39 Å². The van der Waals surface area contributed by atoms with Crippen LogP contribution in [0.5, 0.6) is 0 Å². The van der Waals surface area contributed by atoms with Gasteiger partial charge in [0.05, 0.1) is 16.9 Å². The van der Waals surface area contributed by atoms with Gasteiger partial charge in [0, 0.05) is 36.8 Å². The number of aromatic carboxylic acids is 1. The minimum atomic E-state index is -1.53. The highest BCUT2D eigenvalue weighted by molar-refractivity contribution is 5.94. The second kappa shape index (κ2) is 8.55. The molecule has 1 fully saturated rings. The maximum absolute atomic E-state index is 15.2. The molecule has 3 aromatic rings. The van der Waals surface area contributed by atoms with Crippen LogP contribution in [0.2, 0.25) is 0 Å². The number of anilines is 1. The van der Waals surface area contributed by atoms with Crippen LogP contribution in [0.15, 0.2) is 41.3 Å². The van der Waals surface area contributed by atoms with Gasteiger partial charge in [-0.3, -0.25) is 4.79 Å². The summed E-state index contributed by atoms with van der Waals surface area (Å²) in [6.07, 6.45) is 1.85. The summed E-state index contributed by atoms with van der Waals surface area (Å²) in [5, 5.41) is 9.26. The summed E-state index contributed by atoms with van der Waals surface area (Å²) in [6.45, 7) is 3.31. The average Bonchev–Trinajstić information content (AvgIpc) is 3.23. The van der Waals surface area contributed by atoms with Gasteiger partial charge in [-0.2, -0.15) is 0 Å². The van der Waals surface area contributed by atoms with E-state index in [2.05, 4.69) is 11.8 Å². The molecule has 1 aliphatic heterocycles. The number of hydrogen-bond donors (Lipinski definition) is 1. The molecule has 9 heteroatoms. The second-order valence-corrected chi connectivity index (χ2v) is 8.66. The third kappa shape index (κ3) is 4.08. The van der Waals surface area contributed by atoms with Crippen LogP contribution >= 0.6 is 0 Å². The first-order valence-corrected chi connectivity index (χ1v) is 10.6. The zero-order chi connectivity index (χ0) is 24.0. The molecule has 0 spiro atoms. The van der Waals surface area contributed by atoms with E-state index in [-0.39, 0.29) is 28.3 Å². The zero-order valence-corrected chi connectivity index (χ0v) is 18.5. The molecule has 0 bridgehead atoms. The normalized spacial score (nSPS) is 17.2. The molecule has 2 heterocycles. The molecular formula is C24H24F3N3O3. The molecule has 2 atom stereocenters. The molecule has 2 aromatic carbocycles. The molecule has 0 amide bonds. The first kappa shape index (κ1) is 22.8. The lowest BCUT2D eigenvalue weighted by Crippen LogP contribution is -2.34. The minimum Gasteiger partial charge on any atom is -0.477 e. The SMILES string of the molecule is C[C@@H]([C@@H]1CCN(c2cc3c(cc2F)c(=O)c(C(=O)O)cn3-c2ccc(F)cc2F)C1)N(C)C. The topological polar surface area (TPSA) is 65.8 Å². The number of hydrogen-bond acceptors (Lipinski definition) is 4. The average molecular weight is 459 g/mol. The van der Waals surface area contributed by atoms with Crippen LogP contribution < -0.4 is 10.3 Å². The number of rotatable bonds is 5. The van der Waals surface area contributed by atoms with Crippen molar-refractivity contribution in [1.29, 1.82) is 0 Å². The molecule has 174 valence electrons. The van der Waals surface area contributed by atoms with Crippen LogP contribution in [0.3, 0.4) is 0 Å². The number of benzene rings is 2. The van der Waals surface area contributed by atoms with Crippen molar-refractivity contribution in [2.24, 2.45) is 5.92 Å². The van der Waals surface area contributed by atoms with Gasteiger partial charge < -0.3 is 19.5 Å². The lowest BCUT2D eigenvalue weighted by molar-refractivity contribution is 0.0695. The van der Waals surface area contributed by atoms with E-state index in [1.54, 1.807) is 0 Å². The first-order chi connectivity index (χ1) is 15.6. The molecule has 1 N–H and O–H groups in total. The Kier molecular flexibility index (Phi) is 5.92. The second-order valence-electron chi connectivity index (χ2n) is 8.66. The Morgan fingerprint density at radius 2 is 1.82 bits per heavy atom. The number of carboxylic acids is 1. The van der Waals surface area contributed by atoms with E-state index < -0.39 is 34.4 Å². The first-order valence-electron chi connectivity index (χ1n) is 10.6. The summed E-state index contributed by atoms with van der Waals surface area (Å²) in [5.74, 6) is -3.62. The van der Waals surface area contributed by atoms with Gasteiger partial charge in [0.15, 0.2) is 0 Å². The molecule has 0 saturated carbocycles. The van der Waals surface area contributed by atoms with E-state index in [0.717, 1.165) is 35.4 Å². The molecular weight excluding hydrogens is 435 g/mol. The smallest absolute Gasteiger partial charge is 0.341 e. The van der Waals surface area contributed by atoms with Gasteiger partial charge in [-0.25, -0.2) is 18.0 Å². The van der Waals surface area contributed by atoms with Crippen molar-refractivity contribution < 1.29 is 23.1 Å². The van der Waals surface area contributed by atoms with Gasteiger partial charge in [0.1, 0.15) is 23.0 Å². The highest BCUT2D eigenvalue weighted by atomic mass is 19.1. The van der Waals surface area contributed by atoms with Crippen molar-refractivity contribution in [3.05, 3.63) is 69.8 Å². The molecule has 6 nitrogen and oxygen atoms in total. The Morgan fingerprint density at radius 1 is 1.12 bits per heavy atom. The molecule has 0 unspecified atom stereocenters. The number of aromatic nitrogens is 1. The largest absolute Gasteiger partial charge is 0.477 e. The van der Waals surface area contributed by atoms with Crippen molar-refractivity contribution >= 4 is 22.6 Å². The van der Waals surface area contributed by atoms with Crippen LogP contribution in [-0.2, 0) is 0 Å². The van der Waals surface area contributed by atoms with Gasteiger partial charge in [-0.05, 0) is 57.6 Å². The van der Waals surface area contributed by atoms with Crippen molar-refractivity contribution in [2.45, 2.75) is 19.4 Å². The van der Waals surface area contributed by atoms with Crippen molar-refractivity contribution in [3.63, 3.8) is 0 Å². The van der Waals surface area contributed by atoms with Crippen LogP contribution in [0.1, 0.15) is 23.7 Å². The molecule has 0 aliphatic carbocycles. The van der Waals surface area contributed by atoms with Crippen LogP contribution in [0, 0.1) is 23.4 Å².